The smallest absolute Gasteiger partial charge is 0.0165 e. The highest BCUT2D eigenvalue weighted by Crippen LogP contribution is 2.58. The summed E-state index contributed by atoms with van der Waals surface area (Å²) in [5, 5.41) is 0. The number of rotatable bonds is 6. The quantitative estimate of drug-likeness (QED) is 0.156. The zero-order valence-electron chi connectivity index (χ0n) is 80.1. The third kappa shape index (κ3) is 15.4. The van der Waals surface area contributed by atoms with Crippen LogP contribution in [0.4, 0.5) is 0 Å². The van der Waals surface area contributed by atoms with Crippen molar-refractivity contribution in [1.29, 1.82) is 0 Å². The largest absolute Gasteiger partial charge is 0.0622 e. The van der Waals surface area contributed by atoms with Crippen molar-refractivity contribution in [2.75, 3.05) is 0 Å². The molecule has 0 amide bonds. The van der Waals surface area contributed by atoms with Crippen molar-refractivity contribution in [2.24, 2.45) is 0 Å². The lowest BCUT2D eigenvalue weighted by Gasteiger charge is -2.25. The Bertz CT molecular complexity index is 7470. The summed E-state index contributed by atoms with van der Waals surface area (Å²) in [6.45, 7) is 41.0. The molecule has 18 aromatic carbocycles. The van der Waals surface area contributed by atoms with E-state index in [1.54, 1.807) is 0 Å². The first kappa shape index (κ1) is 87.3. The first-order chi connectivity index (χ1) is 63.5. The van der Waals surface area contributed by atoms with Crippen LogP contribution < -0.4 is 0 Å². The standard InChI is InChI=1S/6C22H20/c1-15-8-6-9-16(14-15)17-11-7-12-19-18-10-4-5-13-20(18)22(2,3)21(17)19;1-15-9-4-5-10-16(15)18-12-8-13-19-17-11-6-7-14-20(17)22(2,3)21(18)19;1-15-7-6-8-16(13-15)17-11-12-21-19(14-17)18-9-4-5-10-20(18)22(21,2)3;1-15-8-4-5-9-17(15)16-12-13-21-19(14-16)18-10-6-7-11-20(18)22(21,2)3;1-15-13-14-19-21(20(15)16-9-5-4-6-10-16)17-11-7-8-12-18(17)22(19,2)3;1-15-8-10-16(11-9-15)17-12-13-21-19(14-17)18-6-4-5-7-20(18)22(21,2)3/h6*4-14H,1-3H3. The van der Waals surface area contributed by atoms with Crippen molar-refractivity contribution in [3.8, 4) is 134 Å². The van der Waals surface area contributed by atoms with Gasteiger partial charge in [-0.25, -0.2) is 0 Å². The minimum absolute atomic E-state index is 0.0464. The fraction of sp³-hybridized carbons (Fsp3) is 0.182. The van der Waals surface area contributed by atoms with Crippen LogP contribution in [0.5, 0.6) is 0 Å². The van der Waals surface area contributed by atoms with Crippen LogP contribution in [0.25, 0.3) is 134 Å². The molecule has 0 bridgehead atoms. The molecule has 0 aromatic heterocycles. The maximum atomic E-state index is 2.37. The molecule has 0 unspecified atom stereocenters. The summed E-state index contributed by atoms with van der Waals surface area (Å²) >= 11 is 0. The Labute approximate surface area is 785 Å². The molecule has 6 aliphatic rings. The Morgan fingerprint density at radius 3 is 0.856 bits per heavy atom. The monoisotopic (exact) mass is 1700 g/mol. The molecular weight excluding hydrogens is 1590 g/mol. The number of fused-ring (bicyclic) bond motifs is 18. The van der Waals surface area contributed by atoms with Crippen molar-refractivity contribution in [3.05, 3.63) is 501 Å². The Morgan fingerprint density at radius 2 is 0.402 bits per heavy atom. The lowest BCUT2D eigenvalue weighted by molar-refractivity contribution is 0.660. The molecule has 0 radical (unpaired) electrons. The first-order valence-electron chi connectivity index (χ1n) is 47.4. The molecule has 0 nitrogen and oxygen atoms in total. The summed E-state index contributed by atoms with van der Waals surface area (Å²) in [5.74, 6) is 0. The van der Waals surface area contributed by atoms with Crippen LogP contribution in [0.3, 0.4) is 0 Å². The second-order valence-corrected chi connectivity index (χ2v) is 40.5. The van der Waals surface area contributed by atoms with Crippen molar-refractivity contribution in [3.63, 3.8) is 0 Å². The summed E-state index contributed by atoms with van der Waals surface area (Å²) in [7, 11) is 0. The Kier molecular flexibility index (Phi) is 22.7. The molecule has 132 heavy (non-hydrogen) atoms. The van der Waals surface area contributed by atoms with Crippen LogP contribution in [0.2, 0.25) is 0 Å². The van der Waals surface area contributed by atoms with Crippen LogP contribution in [0, 0.1) is 41.5 Å². The predicted molar refractivity (Wildman–Crippen MR) is 565 cm³/mol. The maximum Gasteiger partial charge on any atom is 0.0165 e. The maximum absolute atomic E-state index is 2.37. The highest BCUT2D eigenvalue weighted by atomic mass is 14.5. The molecule has 0 heteroatoms. The molecule has 24 rings (SSSR count). The molecule has 0 saturated heterocycles. The van der Waals surface area contributed by atoms with E-state index in [4.69, 9.17) is 0 Å². The Hall–Kier alpha value is -14.0. The summed E-state index contributed by atoms with van der Waals surface area (Å²) in [4.78, 5) is 0. The van der Waals surface area contributed by atoms with Gasteiger partial charge in [0.1, 0.15) is 0 Å². The van der Waals surface area contributed by atoms with E-state index in [1.807, 2.05) is 0 Å². The van der Waals surface area contributed by atoms with E-state index in [2.05, 4.69) is 525 Å². The summed E-state index contributed by atoms with van der Waals surface area (Å²) < 4.78 is 0. The third-order valence-electron chi connectivity index (χ3n) is 29.9. The van der Waals surface area contributed by atoms with Gasteiger partial charge in [0, 0.05) is 32.5 Å². The van der Waals surface area contributed by atoms with Gasteiger partial charge in [-0.2, -0.15) is 0 Å². The first-order valence-corrected chi connectivity index (χ1v) is 47.4. The van der Waals surface area contributed by atoms with Gasteiger partial charge >= 0.3 is 0 Å². The lowest BCUT2D eigenvalue weighted by atomic mass is 9.78. The molecular formula is C132H120. The Morgan fingerprint density at radius 1 is 0.129 bits per heavy atom. The van der Waals surface area contributed by atoms with Gasteiger partial charge < -0.3 is 0 Å². The lowest BCUT2D eigenvalue weighted by Crippen LogP contribution is -2.16. The van der Waals surface area contributed by atoms with Gasteiger partial charge in [-0.1, -0.05) is 482 Å². The van der Waals surface area contributed by atoms with E-state index in [0.29, 0.717) is 0 Å². The van der Waals surface area contributed by atoms with E-state index in [1.165, 1.54) is 234 Å². The van der Waals surface area contributed by atoms with Crippen molar-refractivity contribution in [1.82, 2.24) is 0 Å². The second kappa shape index (κ2) is 34.4. The minimum atomic E-state index is 0.0464. The minimum Gasteiger partial charge on any atom is -0.0622 e. The molecule has 0 spiro atoms. The van der Waals surface area contributed by atoms with Gasteiger partial charge in [0.25, 0.3) is 0 Å². The highest BCUT2D eigenvalue weighted by Gasteiger charge is 2.43. The number of aryl methyl sites for hydroxylation is 6. The fourth-order valence-electron chi connectivity index (χ4n) is 22.9. The average molecular weight is 1710 g/mol. The number of hydrogen-bond acceptors (Lipinski definition) is 0. The van der Waals surface area contributed by atoms with E-state index >= 15 is 0 Å². The van der Waals surface area contributed by atoms with Gasteiger partial charge in [0.05, 0.1) is 0 Å². The third-order valence-corrected chi connectivity index (χ3v) is 29.9. The number of hydrogen-bond donors (Lipinski definition) is 0. The summed E-state index contributed by atoms with van der Waals surface area (Å²) in [6, 6.07) is 146. The average Bonchev–Trinajstić information content (AvgIpc) is 1.57. The predicted octanol–water partition coefficient (Wildman–Crippen LogP) is 35.8. The van der Waals surface area contributed by atoms with Gasteiger partial charge in [0.2, 0.25) is 0 Å². The van der Waals surface area contributed by atoms with Crippen molar-refractivity contribution < 1.29 is 0 Å². The molecule has 0 saturated carbocycles. The van der Waals surface area contributed by atoms with Crippen LogP contribution in [-0.2, 0) is 32.5 Å². The molecule has 0 aliphatic heterocycles. The fourth-order valence-corrected chi connectivity index (χ4v) is 22.9. The Balaban J connectivity index is 0.000000102. The van der Waals surface area contributed by atoms with Crippen LogP contribution in [0.1, 0.15) is 183 Å². The molecule has 0 N–H and O–H groups in total. The van der Waals surface area contributed by atoms with Gasteiger partial charge in [0.15, 0.2) is 0 Å². The van der Waals surface area contributed by atoms with Crippen molar-refractivity contribution >= 4 is 0 Å². The normalized spacial score (nSPS) is 14.5. The molecule has 18 aromatic rings. The summed E-state index contributed by atoms with van der Waals surface area (Å²) in [6.07, 6.45) is 0. The molecule has 0 heterocycles. The van der Waals surface area contributed by atoms with E-state index in [-0.39, 0.29) is 32.5 Å². The zero-order valence-corrected chi connectivity index (χ0v) is 80.1. The topological polar surface area (TPSA) is 0 Å². The SMILES string of the molecule is Cc1ccc(-c2ccc3c(c2)-c2ccccc2C3(C)C)cc1.Cc1ccc2c(c1-c1ccccc1)-c1ccccc1C2(C)C.Cc1cccc(-c2ccc3c(c2)-c2ccccc2C3(C)C)c1.Cc1cccc(-c2cccc3c2C(C)(C)c2ccccc2-3)c1.Cc1ccccc1-c1ccc2c(c1)-c1ccccc1C2(C)C.Cc1ccccc1-c1cccc2c1C(C)(C)c1ccccc1-2. The van der Waals surface area contributed by atoms with Gasteiger partial charge in [-0.15, -0.1) is 0 Å². The molecule has 0 atom stereocenters. The van der Waals surface area contributed by atoms with E-state index in [9.17, 15) is 0 Å². The van der Waals surface area contributed by atoms with E-state index < -0.39 is 0 Å². The number of benzene rings is 18. The van der Waals surface area contributed by atoms with Gasteiger partial charge in [-0.05, 0) is 277 Å². The van der Waals surface area contributed by atoms with Crippen LogP contribution in [0.15, 0.2) is 400 Å². The van der Waals surface area contributed by atoms with Gasteiger partial charge in [-0.3, -0.25) is 0 Å². The molecule has 0 fully saturated rings. The van der Waals surface area contributed by atoms with Crippen LogP contribution in [-0.4, -0.2) is 0 Å². The van der Waals surface area contributed by atoms with Crippen LogP contribution >= 0.6 is 0 Å². The summed E-state index contributed by atoms with van der Waals surface area (Å²) in [5.41, 5.74) is 58.3. The molecule has 6 aliphatic carbocycles. The van der Waals surface area contributed by atoms with Crippen molar-refractivity contribution in [2.45, 2.75) is 157 Å². The highest BCUT2D eigenvalue weighted by molar-refractivity contribution is 5.96. The van der Waals surface area contributed by atoms with E-state index in [0.717, 1.165) is 0 Å². The molecule has 648 valence electrons. The second-order valence-electron chi connectivity index (χ2n) is 40.5. The zero-order chi connectivity index (χ0) is 91.9.